The minimum absolute atomic E-state index is 0.174. The quantitative estimate of drug-likeness (QED) is 0.0266. The average molecular weight is 817 g/mol. The number of ether oxygens (including phenoxy) is 4. The molecule has 0 spiro atoms. The van der Waals surface area contributed by atoms with Crippen molar-refractivity contribution in [3.8, 4) is 23.0 Å². The Hall–Kier alpha value is -6.16. The van der Waals surface area contributed by atoms with E-state index in [0.29, 0.717) is 35.8 Å². The molecule has 5 rings (SSSR count). The van der Waals surface area contributed by atoms with Crippen molar-refractivity contribution >= 4 is 35.7 Å². The maximum Gasteiger partial charge on any atom is 0.343 e. The van der Waals surface area contributed by atoms with Crippen LogP contribution in [0, 0.1) is 11.6 Å². The molecule has 314 valence electrons. The molecule has 0 atom stereocenters. The lowest BCUT2D eigenvalue weighted by molar-refractivity contribution is 0.0732. The van der Waals surface area contributed by atoms with Crippen LogP contribution in [0.2, 0.25) is 0 Å². The molecule has 0 aliphatic heterocycles. The molecular weight excluding hydrogens is 763 g/mol. The Kier molecular flexibility index (Phi) is 18.5. The van der Waals surface area contributed by atoms with Gasteiger partial charge in [0, 0.05) is 30.6 Å². The minimum Gasteiger partial charge on any atom is -0.493 e. The van der Waals surface area contributed by atoms with Gasteiger partial charge >= 0.3 is 11.9 Å². The number of hydrogen-bond acceptors (Lipinski definition) is 8. The van der Waals surface area contributed by atoms with Crippen molar-refractivity contribution in [1.82, 2.24) is 0 Å². The fraction of sp³-hybridized carbons (Fsp3) is 0.320. The lowest BCUT2D eigenvalue weighted by atomic mass is 10.1. The molecule has 0 radical (unpaired) electrons. The van der Waals surface area contributed by atoms with E-state index in [9.17, 15) is 18.4 Å². The summed E-state index contributed by atoms with van der Waals surface area (Å²) in [6.07, 6.45) is 16.8. The van der Waals surface area contributed by atoms with Gasteiger partial charge in [-0.1, -0.05) is 108 Å². The van der Waals surface area contributed by atoms with Crippen molar-refractivity contribution in [3.63, 3.8) is 0 Å². The standard InChI is InChI=1S/C50H54F2N2O6/c1-3-5-7-9-11-13-30-57-41-26-28-47(45(51)33-41)53-35-37-18-22-39(23-19-37)49(55)59-43-16-15-17-44(32-43)60-50(56)40-24-20-38(21-25-40)36-54-48-29-27-42(34-46(48)52)58-31-14-12-10-8-6-4-2/h15-29,32-36H,3-14,30-31H2,1-2H3. The lowest BCUT2D eigenvalue weighted by Crippen LogP contribution is -2.10. The summed E-state index contributed by atoms with van der Waals surface area (Å²) in [5.74, 6) is -0.893. The van der Waals surface area contributed by atoms with Gasteiger partial charge in [0.2, 0.25) is 0 Å². The largest absolute Gasteiger partial charge is 0.493 e. The smallest absolute Gasteiger partial charge is 0.343 e. The Morgan fingerprint density at radius 2 is 0.883 bits per heavy atom. The topological polar surface area (TPSA) is 95.8 Å². The van der Waals surface area contributed by atoms with E-state index >= 15 is 0 Å². The van der Waals surface area contributed by atoms with Crippen molar-refractivity contribution in [2.75, 3.05) is 13.2 Å². The summed E-state index contributed by atoms with van der Waals surface area (Å²) in [5, 5.41) is 0. The molecular formula is C50H54F2N2O6. The SMILES string of the molecule is CCCCCCCCOc1ccc(N=Cc2ccc(C(=O)Oc3cccc(OC(=O)c4ccc(C=Nc5ccc(OCCCCCCCC)cc5F)cc4)c3)cc2)c(F)c1. The van der Waals surface area contributed by atoms with Gasteiger partial charge < -0.3 is 18.9 Å². The third-order valence-corrected chi connectivity index (χ3v) is 9.60. The first-order valence-corrected chi connectivity index (χ1v) is 21.0. The first kappa shape index (κ1) is 44.9. The highest BCUT2D eigenvalue weighted by atomic mass is 19.1. The summed E-state index contributed by atoms with van der Waals surface area (Å²) in [4.78, 5) is 34.4. The second-order valence-corrected chi connectivity index (χ2v) is 14.5. The predicted molar refractivity (Wildman–Crippen MR) is 234 cm³/mol. The van der Waals surface area contributed by atoms with Crippen LogP contribution in [0.5, 0.6) is 23.0 Å². The third-order valence-electron chi connectivity index (χ3n) is 9.60. The molecule has 8 nitrogen and oxygen atoms in total. The molecule has 0 saturated heterocycles. The number of rotatable bonds is 24. The van der Waals surface area contributed by atoms with E-state index in [4.69, 9.17) is 18.9 Å². The van der Waals surface area contributed by atoms with Crippen LogP contribution >= 0.6 is 0 Å². The van der Waals surface area contributed by atoms with E-state index in [-0.39, 0.29) is 34.0 Å². The summed E-state index contributed by atoms with van der Waals surface area (Å²) in [5.41, 5.74) is 2.23. The fourth-order valence-electron chi connectivity index (χ4n) is 6.14. The molecule has 0 saturated carbocycles. The molecule has 0 heterocycles. The zero-order chi connectivity index (χ0) is 42.4. The molecule has 5 aromatic rings. The minimum atomic E-state index is -0.616. The molecule has 5 aromatic carbocycles. The van der Waals surface area contributed by atoms with Crippen LogP contribution in [0.1, 0.15) is 123 Å². The molecule has 0 N–H and O–H groups in total. The predicted octanol–water partition coefficient (Wildman–Crippen LogP) is 13.4. The number of halogens is 2. The number of carbonyl (C=O) groups excluding carboxylic acids is 2. The normalized spacial score (nSPS) is 11.3. The van der Waals surface area contributed by atoms with Crippen LogP contribution in [-0.4, -0.2) is 37.6 Å². The van der Waals surface area contributed by atoms with E-state index in [1.165, 1.54) is 82.0 Å². The van der Waals surface area contributed by atoms with E-state index < -0.39 is 23.6 Å². The van der Waals surface area contributed by atoms with Gasteiger partial charge in [-0.25, -0.2) is 18.4 Å². The molecule has 0 fully saturated rings. The maximum absolute atomic E-state index is 14.7. The number of nitrogens with zero attached hydrogens (tertiary/aromatic N) is 2. The Labute approximate surface area is 352 Å². The highest BCUT2D eigenvalue weighted by Crippen LogP contribution is 2.26. The summed E-state index contributed by atoms with van der Waals surface area (Å²) in [7, 11) is 0. The van der Waals surface area contributed by atoms with Crippen molar-refractivity contribution in [2.24, 2.45) is 9.98 Å². The van der Waals surface area contributed by atoms with Crippen LogP contribution in [0.4, 0.5) is 20.2 Å². The van der Waals surface area contributed by atoms with Gasteiger partial charge in [0.15, 0.2) is 11.6 Å². The Balaban J connectivity index is 1.06. The molecule has 0 aliphatic rings. The number of esters is 2. The van der Waals surface area contributed by atoms with Crippen LogP contribution in [0.15, 0.2) is 119 Å². The van der Waals surface area contributed by atoms with Crippen LogP contribution in [0.25, 0.3) is 0 Å². The van der Waals surface area contributed by atoms with Gasteiger partial charge in [0.1, 0.15) is 23.0 Å². The number of benzene rings is 5. The number of hydrogen-bond donors (Lipinski definition) is 0. The summed E-state index contributed by atoms with van der Waals surface area (Å²) in [6, 6.07) is 28.5. The maximum atomic E-state index is 14.7. The average Bonchev–Trinajstić information content (AvgIpc) is 3.25. The van der Waals surface area contributed by atoms with Gasteiger partial charge in [-0.15, -0.1) is 0 Å². The fourth-order valence-corrected chi connectivity index (χ4v) is 6.14. The lowest BCUT2D eigenvalue weighted by Gasteiger charge is -2.08. The highest BCUT2D eigenvalue weighted by molar-refractivity contribution is 5.93. The monoisotopic (exact) mass is 816 g/mol. The van der Waals surface area contributed by atoms with Crippen molar-refractivity contribution < 1.29 is 37.3 Å². The number of unbranched alkanes of at least 4 members (excludes halogenated alkanes) is 10. The first-order valence-electron chi connectivity index (χ1n) is 21.0. The zero-order valence-electron chi connectivity index (χ0n) is 34.5. The Morgan fingerprint density at radius 1 is 0.483 bits per heavy atom. The first-order chi connectivity index (χ1) is 29.3. The summed E-state index contributed by atoms with van der Waals surface area (Å²) >= 11 is 0. The van der Waals surface area contributed by atoms with Crippen LogP contribution in [0.3, 0.4) is 0 Å². The van der Waals surface area contributed by atoms with Gasteiger partial charge in [-0.3, -0.25) is 9.98 Å². The molecule has 0 aromatic heterocycles. The van der Waals surface area contributed by atoms with Gasteiger partial charge in [-0.05, 0) is 84.6 Å². The molecule has 0 bridgehead atoms. The number of carbonyl (C=O) groups is 2. The Morgan fingerprint density at radius 3 is 1.28 bits per heavy atom. The van der Waals surface area contributed by atoms with Crippen molar-refractivity contribution in [1.29, 1.82) is 0 Å². The molecule has 0 aliphatic carbocycles. The van der Waals surface area contributed by atoms with E-state index in [1.54, 1.807) is 91.0 Å². The van der Waals surface area contributed by atoms with Gasteiger partial charge in [0.05, 0.1) is 35.7 Å². The van der Waals surface area contributed by atoms with Gasteiger partial charge in [-0.2, -0.15) is 0 Å². The van der Waals surface area contributed by atoms with Crippen molar-refractivity contribution in [3.05, 3.63) is 143 Å². The van der Waals surface area contributed by atoms with E-state index in [0.717, 1.165) is 25.7 Å². The second-order valence-electron chi connectivity index (χ2n) is 14.5. The van der Waals surface area contributed by atoms with Crippen LogP contribution in [-0.2, 0) is 0 Å². The molecule has 60 heavy (non-hydrogen) atoms. The van der Waals surface area contributed by atoms with Crippen molar-refractivity contribution in [2.45, 2.75) is 90.9 Å². The molecule has 0 amide bonds. The molecule has 10 heteroatoms. The summed E-state index contributed by atoms with van der Waals surface area (Å²) in [6.45, 7) is 5.48. The third kappa shape index (κ3) is 15.2. The highest BCUT2D eigenvalue weighted by Gasteiger charge is 2.13. The van der Waals surface area contributed by atoms with Crippen LogP contribution < -0.4 is 18.9 Å². The van der Waals surface area contributed by atoms with Gasteiger partial charge in [0.25, 0.3) is 0 Å². The van der Waals surface area contributed by atoms with E-state index in [1.807, 2.05) is 0 Å². The second kappa shape index (κ2) is 24.7. The number of aliphatic imine (C=N–C) groups is 2. The van der Waals surface area contributed by atoms with E-state index in [2.05, 4.69) is 23.8 Å². The Bertz CT molecular complexity index is 2020. The zero-order valence-corrected chi connectivity index (χ0v) is 34.5. The molecule has 0 unspecified atom stereocenters. The summed E-state index contributed by atoms with van der Waals surface area (Å²) < 4.78 is 51.9.